The number of amides is 1. The van der Waals surface area contributed by atoms with Gasteiger partial charge in [0.15, 0.2) is 0 Å². The number of hydrogen-bond donors (Lipinski definition) is 5. The van der Waals surface area contributed by atoms with E-state index >= 15 is 0 Å². The molecule has 0 aliphatic heterocycles. The fourth-order valence-corrected chi connectivity index (χ4v) is 2.72. The third-order valence-electron chi connectivity index (χ3n) is 4.42. The van der Waals surface area contributed by atoms with E-state index in [0.29, 0.717) is 19.5 Å². The zero-order valence-corrected chi connectivity index (χ0v) is 19.9. The summed E-state index contributed by atoms with van der Waals surface area (Å²) in [7, 11) is 6.27. The minimum absolute atomic E-state index is 0.0715. The summed E-state index contributed by atoms with van der Waals surface area (Å²) >= 11 is 4.05. The Bertz CT molecular complexity index is 455. The van der Waals surface area contributed by atoms with Crippen LogP contribution in [0.1, 0.15) is 51.4 Å². The summed E-state index contributed by atoms with van der Waals surface area (Å²) in [5.74, 6) is 0.364. The van der Waals surface area contributed by atoms with E-state index in [-0.39, 0.29) is 29.9 Å². The van der Waals surface area contributed by atoms with Crippen molar-refractivity contribution < 1.29 is 23.9 Å². The highest BCUT2D eigenvalue weighted by molar-refractivity contribution is 7.80. The topological polar surface area (TPSA) is 132 Å². The van der Waals surface area contributed by atoms with Crippen molar-refractivity contribution in [1.82, 2.24) is 16.0 Å². The van der Waals surface area contributed by atoms with Crippen LogP contribution in [0, 0.1) is 0 Å². The third kappa shape index (κ3) is 17.5. The molecule has 1 amide bonds. The molecule has 0 aromatic rings. The van der Waals surface area contributed by atoms with Gasteiger partial charge < -0.3 is 31.2 Å². The van der Waals surface area contributed by atoms with Crippen LogP contribution >= 0.6 is 12.6 Å². The van der Waals surface area contributed by atoms with E-state index < -0.39 is 0 Å². The predicted octanol–water partition coefficient (Wildman–Crippen LogP) is 0.620. The Morgan fingerprint density at radius 3 is 1.77 bits per heavy atom. The van der Waals surface area contributed by atoms with Crippen LogP contribution in [-0.4, -0.2) is 77.1 Å². The standard InChI is InChI=1S/C12H24N2O3S.C8H18N2O2/c1-13-10(12(16)17-2)6-3-4-8-14-11(15)7-5-9-18;1-10-7(8(11)12-2)5-3-4-6-9/h10,13,18H,3-9H2,1-2H3,(H,14,15);7,10H,3-6,9H2,1-2H3/t10-;7-/m00/s1. The van der Waals surface area contributed by atoms with E-state index in [1.54, 1.807) is 14.1 Å². The average Bonchev–Trinajstić information content (AvgIpc) is 2.77. The van der Waals surface area contributed by atoms with Gasteiger partial charge in [0.1, 0.15) is 12.1 Å². The number of rotatable bonds is 16. The van der Waals surface area contributed by atoms with Crippen molar-refractivity contribution in [2.75, 3.05) is 47.2 Å². The number of likely N-dealkylation sites (N-methyl/N-ethyl adjacent to an activating group) is 2. The molecule has 0 heterocycles. The second-order valence-electron chi connectivity index (χ2n) is 6.69. The van der Waals surface area contributed by atoms with Gasteiger partial charge in [0.05, 0.1) is 14.2 Å². The third-order valence-corrected chi connectivity index (χ3v) is 4.74. The molecule has 9 nitrogen and oxygen atoms in total. The van der Waals surface area contributed by atoms with Crippen molar-refractivity contribution in [1.29, 1.82) is 0 Å². The van der Waals surface area contributed by atoms with E-state index in [4.69, 9.17) is 5.73 Å². The summed E-state index contributed by atoms with van der Waals surface area (Å²) in [5, 5.41) is 8.65. The van der Waals surface area contributed by atoms with E-state index in [1.807, 2.05) is 0 Å². The van der Waals surface area contributed by atoms with Crippen LogP contribution in [0.3, 0.4) is 0 Å². The molecule has 10 heteroatoms. The molecule has 0 rings (SSSR count). The van der Waals surface area contributed by atoms with Gasteiger partial charge in [-0.3, -0.25) is 14.4 Å². The molecule has 0 spiro atoms. The van der Waals surface area contributed by atoms with Gasteiger partial charge in [-0.15, -0.1) is 0 Å². The molecule has 0 radical (unpaired) electrons. The van der Waals surface area contributed by atoms with Crippen molar-refractivity contribution in [3.05, 3.63) is 0 Å². The molecule has 5 N–H and O–H groups in total. The molecule has 0 bridgehead atoms. The van der Waals surface area contributed by atoms with Crippen molar-refractivity contribution in [3.63, 3.8) is 0 Å². The Morgan fingerprint density at radius 2 is 1.37 bits per heavy atom. The van der Waals surface area contributed by atoms with Gasteiger partial charge in [0.2, 0.25) is 5.91 Å². The molecule has 0 aromatic carbocycles. The molecule has 2 atom stereocenters. The lowest BCUT2D eigenvalue weighted by molar-refractivity contribution is -0.144. The molecule has 0 fully saturated rings. The van der Waals surface area contributed by atoms with E-state index in [9.17, 15) is 14.4 Å². The van der Waals surface area contributed by atoms with Crippen molar-refractivity contribution in [2.24, 2.45) is 5.73 Å². The van der Waals surface area contributed by atoms with Gasteiger partial charge in [-0.2, -0.15) is 12.6 Å². The first-order chi connectivity index (χ1) is 14.4. The van der Waals surface area contributed by atoms with Crippen LogP contribution in [0.15, 0.2) is 0 Å². The minimum Gasteiger partial charge on any atom is -0.468 e. The predicted molar refractivity (Wildman–Crippen MR) is 123 cm³/mol. The number of hydrogen-bond acceptors (Lipinski definition) is 9. The number of nitrogens with two attached hydrogens (primary N) is 1. The quantitative estimate of drug-likeness (QED) is 0.131. The first-order valence-corrected chi connectivity index (χ1v) is 11.1. The van der Waals surface area contributed by atoms with Crippen molar-refractivity contribution in [3.8, 4) is 0 Å². The van der Waals surface area contributed by atoms with E-state index in [0.717, 1.165) is 50.7 Å². The lowest BCUT2D eigenvalue weighted by Crippen LogP contribution is -2.35. The molecule has 0 saturated heterocycles. The minimum atomic E-state index is -0.255. The molecule has 0 aliphatic carbocycles. The van der Waals surface area contributed by atoms with Crippen LogP contribution in [-0.2, 0) is 23.9 Å². The smallest absolute Gasteiger partial charge is 0.322 e. The summed E-state index contributed by atoms with van der Waals surface area (Å²) in [6.07, 6.45) is 6.49. The Kier molecular flexibility index (Phi) is 22.9. The molecule has 178 valence electrons. The fourth-order valence-electron chi connectivity index (χ4n) is 2.57. The number of methoxy groups -OCH3 is 2. The van der Waals surface area contributed by atoms with Crippen LogP contribution < -0.4 is 21.7 Å². The van der Waals surface area contributed by atoms with Crippen LogP contribution in [0.4, 0.5) is 0 Å². The second-order valence-corrected chi connectivity index (χ2v) is 7.13. The normalized spacial score (nSPS) is 12.2. The number of carbonyl (C=O) groups excluding carboxylic acids is 3. The summed E-state index contributed by atoms with van der Waals surface area (Å²) in [4.78, 5) is 33.6. The maximum absolute atomic E-state index is 11.3. The van der Waals surface area contributed by atoms with Gasteiger partial charge in [0.25, 0.3) is 0 Å². The van der Waals surface area contributed by atoms with Crippen LogP contribution in [0.2, 0.25) is 0 Å². The largest absolute Gasteiger partial charge is 0.468 e. The highest BCUT2D eigenvalue weighted by Crippen LogP contribution is 2.02. The van der Waals surface area contributed by atoms with Gasteiger partial charge in [-0.25, -0.2) is 0 Å². The zero-order valence-electron chi connectivity index (χ0n) is 19.0. The maximum atomic E-state index is 11.3. The maximum Gasteiger partial charge on any atom is 0.322 e. The first kappa shape index (κ1) is 30.8. The fraction of sp³-hybridized carbons (Fsp3) is 0.850. The molecule has 30 heavy (non-hydrogen) atoms. The number of nitrogens with one attached hydrogen (secondary N) is 3. The Hall–Kier alpha value is -1.36. The lowest BCUT2D eigenvalue weighted by atomic mass is 10.1. The van der Waals surface area contributed by atoms with Crippen molar-refractivity contribution >= 4 is 30.5 Å². The van der Waals surface area contributed by atoms with Crippen LogP contribution in [0.5, 0.6) is 0 Å². The van der Waals surface area contributed by atoms with Crippen LogP contribution in [0.25, 0.3) is 0 Å². The molecular weight excluding hydrogens is 408 g/mol. The van der Waals surface area contributed by atoms with Gasteiger partial charge in [-0.05, 0) is 64.9 Å². The summed E-state index contributed by atoms with van der Waals surface area (Å²) in [5.41, 5.74) is 5.33. The zero-order chi connectivity index (χ0) is 23.2. The number of esters is 2. The molecular formula is C20H42N4O5S. The Labute approximate surface area is 187 Å². The van der Waals surface area contributed by atoms with Gasteiger partial charge in [0, 0.05) is 13.0 Å². The van der Waals surface area contributed by atoms with E-state index in [2.05, 4.69) is 38.1 Å². The summed E-state index contributed by atoms with van der Waals surface area (Å²) < 4.78 is 9.27. The Morgan fingerprint density at radius 1 is 0.867 bits per heavy atom. The summed E-state index contributed by atoms with van der Waals surface area (Å²) in [6.45, 7) is 1.33. The molecule has 0 aliphatic rings. The number of unbranched alkanes of at least 4 members (excludes halogenated alkanes) is 2. The van der Waals surface area contributed by atoms with E-state index in [1.165, 1.54) is 14.2 Å². The SMILES string of the molecule is CN[C@@H](CCCCN)C(=O)OC.CN[C@@H](CCCCNC(=O)CCCS)C(=O)OC. The lowest BCUT2D eigenvalue weighted by Gasteiger charge is -2.13. The summed E-state index contributed by atoms with van der Waals surface area (Å²) in [6, 6.07) is -0.434. The number of ether oxygens (including phenoxy) is 2. The average molecular weight is 451 g/mol. The highest BCUT2D eigenvalue weighted by atomic mass is 32.1. The van der Waals surface area contributed by atoms with Gasteiger partial charge >= 0.3 is 11.9 Å². The number of thiol groups is 1. The Balaban J connectivity index is 0. The van der Waals surface area contributed by atoms with Gasteiger partial charge in [-0.1, -0.05) is 6.42 Å². The molecule has 0 unspecified atom stereocenters. The monoisotopic (exact) mass is 450 g/mol. The number of carbonyl (C=O) groups is 3. The highest BCUT2D eigenvalue weighted by Gasteiger charge is 2.16. The molecule has 0 saturated carbocycles. The second kappa shape index (κ2) is 22.3. The first-order valence-electron chi connectivity index (χ1n) is 10.5. The molecule has 0 aromatic heterocycles. The van der Waals surface area contributed by atoms with Crippen molar-refractivity contribution in [2.45, 2.75) is 63.5 Å².